The van der Waals surface area contributed by atoms with Gasteiger partial charge in [-0.3, -0.25) is 14.5 Å². The molecule has 1 unspecified atom stereocenters. The van der Waals surface area contributed by atoms with Gasteiger partial charge in [0, 0.05) is 24.7 Å². The third-order valence-electron chi connectivity index (χ3n) is 3.38. The van der Waals surface area contributed by atoms with Crippen molar-refractivity contribution in [2.24, 2.45) is 0 Å². The lowest BCUT2D eigenvalue weighted by Crippen LogP contribution is -2.54. The Morgan fingerprint density at radius 1 is 1.45 bits per heavy atom. The molecule has 1 heterocycles. The standard InChI is InChI=1S/C14H18ClN3O2/c1-10(18-7-6-16-13(19)9-18)14(20)17-8-11-2-4-12(15)5-3-11/h2-5,10H,6-9H2,1H3,(H,16,19)(H,17,20). The summed E-state index contributed by atoms with van der Waals surface area (Å²) in [7, 11) is 0. The van der Waals surface area contributed by atoms with E-state index in [1.165, 1.54) is 0 Å². The molecule has 20 heavy (non-hydrogen) atoms. The first-order chi connectivity index (χ1) is 9.56. The molecule has 1 saturated heterocycles. The van der Waals surface area contributed by atoms with Crippen LogP contribution in [0.2, 0.25) is 5.02 Å². The number of piperazine rings is 1. The lowest BCUT2D eigenvalue weighted by molar-refractivity contribution is -0.130. The number of halogens is 1. The molecule has 0 aliphatic carbocycles. The fourth-order valence-corrected chi connectivity index (χ4v) is 2.22. The molecule has 6 heteroatoms. The van der Waals surface area contributed by atoms with Crippen LogP contribution in [0.1, 0.15) is 12.5 Å². The number of rotatable bonds is 4. The number of benzene rings is 1. The van der Waals surface area contributed by atoms with Gasteiger partial charge in [-0.05, 0) is 24.6 Å². The van der Waals surface area contributed by atoms with Crippen molar-refractivity contribution in [1.82, 2.24) is 15.5 Å². The van der Waals surface area contributed by atoms with E-state index in [1.807, 2.05) is 24.0 Å². The van der Waals surface area contributed by atoms with Crippen molar-refractivity contribution >= 4 is 23.4 Å². The van der Waals surface area contributed by atoms with E-state index in [0.29, 0.717) is 24.7 Å². The van der Waals surface area contributed by atoms with Crippen LogP contribution in [0, 0.1) is 0 Å². The Hall–Kier alpha value is -1.59. The smallest absolute Gasteiger partial charge is 0.237 e. The Bertz CT molecular complexity index is 490. The maximum atomic E-state index is 12.1. The van der Waals surface area contributed by atoms with Gasteiger partial charge in [0.1, 0.15) is 0 Å². The summed E-state index contributed by atoms with van der Waals surface area (Å²) in [6, 6.07) is 7.03. The molecule has 0 bridgehead atoms. The van der Waals surface area contributed by atoms with Gasteiger partial charge in [-0.1, -0.05) is 23.7 Å². The highest BCUT2D eigenvalue weighted by Crippen LogP contribution is 2.09. The number of hydrogen-bond donors (Lipinski definition) is 2. The van der Waals surface area contributed by atoms with E-state index in [4.69, 9.17) is 11.6 Å². The first-order valence-electron chi connectivity index (χ1n) is 6.59. The molecule has 1 aromatic carbocycles. The maximum absolute atomic E-state index is 12.1. The zero-order chi connectivity index (χ0) is 14.5. The molecular weight excluding hydrogens is 278 g/mol. The lowest BCUT2D eigenvalue weighted by Gasteiger charge is -2.31. The Labute approximate surface area is 123 Å². The summed E-state index contributed by atoms with van der Waals surface area (Å²) in [5, 5.41) is 6.29. The largest absolute Gasteiger partial charge is 0.354 e. The van der Waals surface area contributed by atoms with Gasteiger partial charge in [0.2, 0.25) is 11.8 Å². The molecule has 2 rings (SSSR count). The van der Waals surface area contributed by atoms with Gasteiger partial charge in [0.15, 0.2) is 0 Å². The fourth-order valence-electron chi connectivity index (χ4n) is 2.09. The number of carbonyl (C=O) groups excluding carboxylic acids is 2. The Morgan fingerprint density at radius 3 is 2.80 bits per heavy atom. The molecule has 0 saturated carbocycles. The van der Waals surface area contributed by atoms with Gasteiger partial charge in [0.05, 0.1) is 12.6 Å². The molecule has 108 valence electrons. The van der Waals surface area contributed by atoms with Crippen molar-refractivity contribution < 1.29 is 9.59 Å². The fraction of sp³-hybridized carbons (Fsp3) is 0.429. The van der Waals surface area contributed by atoms with Crippen LogP contribution in [0.15, 0.2) is 24.3 Å². The van der Waals surface area contributed by atoms with Crippen LogP contribution in [-0.4, -0.2) is 42.4 Å². The highest BCUT2D eigenvalue weighted by Gasteiger charge is 2.25. The predicted molar refractivity (Wildman–Crippen MR) is 77.3 cm³/mol. The third kappa shape index (κ3) is 3.95. The van der Waals surface area contributed by atoms with Crippen molar-refractivity contribution in [1.29, 1.82) is 0 Å². The minimum absolute atomic E-state index is 0.0337. The van der Waals surface area contributed by atoms with Crippen molar-refractivity contribution in [3.05, 3.63) is 34.9 Å². The molecule has 2 N–H and O–H groups in total. The molecule has 0 aromatic heterocycles. The van der Waals surface area contributed by atoms with E-state index in [2.05, 4.69) is 10.6 Å². The number of nitrogens with one attached hydrogen (secondary N) is 2. The quantitative estimate of drug-likeness (QED) is 0.863. The van der Waals surface area contributed by atoms with Crippen molar-refractivity contribution in [2.75, 3.05) is 19.6 Å². The second-order valence-electron chi connectivity index (χ2n) is 4.84. The second-order valence-corrected chi connectivity index (χ2v) is 5.28. The first kappa shape index (κ1) is 14.8. The number of amides is 2. The Balaban J connectivity index is 1.84. The maximum Gasteiger partial charge on any atom is 0.237 e. The molecular formula is C14H18ClN3O2. The zero-order valence-electron chi connectivity index (χ0n) is 11.4. The van der Waals surface area contributed by atoms with Crippen molar-refractivity contribution in [3.63, 3.8) is 0 Å². The molecule has 1 fully saturated rings. The normalized spacial score (nSPS) is 17.4. The van der Waals surface area contributed by atoms with Crippen LogP contribution in [0.4, 0.5) is 0 Å². The summed E-state index contributed by atoms with van der Waals surface area (Å²) < 4.78 is 0. The van der Waals surface area contributed by atoms with Crippen molar-refractivity contribution in [3.8, 4) is 0 Å². The van der Waals surface area contributed by atoms with Crippen LogP contribution < -0.4 is 10.6 Å². The van der Waals surface area contributed by atoms with E-state index in [0.717, 1.165) is 5.56 Å². The Morgan fingerprint density at radius 2 is 2.15 bits per heavy atom. The van der Waals surface area contributed by atoms with Gasteiger partial charge in [-0.2, -0.15) is 0 Å². The summed E-state index contributed by atoms with van der Waals surface area (Å²) in [6.07, 6.45) is 0. The van der Waals surface area contributed by atoms with Crippen molar-refractivity contribution in [2.45, 2.75) is 19.5 Å². The predicted octanol–water partition coefficient (Wildman–Crippen LogP) is 0.776. The van der Waals surface area contributed by atoms with E-state index < -0.39 is 0 Å². The minimum Gasteiger partial charge on any atom is -0.354 e. The monoisotopic (exact) mass is 295 g/mol. The van der Waals surface area contributed by atoms with E-state index in [1.54, 1.807) is 12.1 Å². The molecule has 0 radical (unpaired) electrons. The van der Waals surface area contributed by atoms with Gasteiger partial charge < -0.3 is 10.6 Å². The van der Waals surface area contributed by atoms with E-state index in [-0.39, 0.29) is 24.4 Å². The minimum atomic E-state index is -0.312. The summed E-state index contributed by atoms with van der Waals surface area (Å²) >= 11 is 5.81. The van der Waals surface area contributed by atoms with E-state index >= 15 is 0 Å². The first-order valence-corrected chi connectivity index (χ1v) is 6.97. The number of carbonyl (C=O) groups is 2. The lowest BCUT2D eigenvalue weighted by atomic mass is 10.2. The van der Waals surface area contributed by atoms with Gasteiger partial charge in [-0.15, -0.1) is 0 Å². The van der Waals surface area contributed by atoms with E-state index in [9.17, 15) is 9.59 Å². The van der Waals surface area contributed by atoms with Gasteiger partial charge in [-0.25, -0.2) is 0 Å². The topological polar surface area (TPSA) is 61.4 Å². The molecule has 1 atom stereocenters. The SMILES string of the molecule is CC(C(=O)NCc1ccc(Cl)cc1)N1CCNC(=O)C1. The summed E-state index contributed by atoms with van der Waals surface area (Å²) in [5.74, 6) is -0.108. The summed E-state index contributed by atoms with van der Waals surface area (Å²) in [6.45, 7) is 3.83. The highest BCUT2D eigenvalue weighted by molar-refractivity contribution is 6.30. The van der Waals surface area contributed by atoms with Crippen LogP contribution in [-0.2, 0) is 16.1 Å². The third-order valence-corrected chi connectivity index (χ3v) is 3.63. The van der Waals surface area contributed by atoms with Crippen LogP contribution >= 0.6 is 11.6 Å². The van der Waals surface area contributed by atoms with Crippen LogP contribution in [0.5, 0.6) is 0 Å². The highest BCUT2D eigenvalue weighted by atomic mass is 35.5. The second kappa shape index (κ2) is 6.72. The number of nitrogens with zero attached hydrogens (tertiary/aromatic N) is 1. The summed E-state index contributed by atoms with van der Waals surface area (Å²) in [4.78, 5) is 25.3. The van der Waals surface area contributed by atoms with Gasteiger partial charge in [0.25, 0.3) is 0 Å². The zero-order valence-corrected chi connectivity index (χ0v) is 12.1. The van der Waals surface area contributed by atoms with Crippen LogP contribution in [0.3, 0.4) is 0 Å². The Kier molecular flexibility index (Phi) is 4.98. The van der Waals surface area contributed by atoms with Gasteiger partial charge >= 0.3 is 0 Å². The average Bonchev–Trinajstić information content (AvgIpc) is 2.45. The average molecular weight is 296 g/mol. The molecule has 0 spiro atoms. The molecule has 1 aliphatic heterocycles. The molecule has 1 aliphatic rings. The molecule has 5 nitrogen and oxygen atoms in total. The van der Waals surface area contributed by atoms with Crippen LogP contribution in [0.25, 0.3) is 0 Å². The molecule has 2 amide bonds. The molecule has 1 aromatic rings. The number of hydrogen-bond acceptors (Lipinski definition) is 3. The summed E-state index contributed by atoms with van der Waals surface area (Å²) in [5.41, 5.74) is 0.992.